The minimum atomic E-state index is 0.153. The van der Waals surface area contributed by atoms with Gasteiger partial charge in [0.05, 0.1) is 24.6 Å². The van der Waals surface area contributed by atoms with Gasteiger partial charge in [-0.05, 0) is 12.8 Å². The first-order valence-corrected chi connectivity index (χ1v) is 6.20. The van der Waals surface area contributed by atoms with Gasteiger partial charge in [-0.15, -0.1) is 0 Å². The Labute approximate surface area is 107 Å². The van der Waals surface area contributed by atoms with Crippen LogP contribution >= 0.6 is 0 Å². The Bertz CT molecular complexity index is 399. The third kappa shape index (κ3) is 2.95. The number of likely N-dealkylation sites (N-methyl/N-ethyl adjacent to an activating group) is 1. The van der Waals surface area contributed by atoms with Crippen molar-refractivity contribution in [1.82, 2.24) is 14.9 Å². The van der Waals surface area contributed by atoms with Crippen LogP contribution in [-0.4, -0.2) is 47.5 Å². The Balaban J connectivity index is 1.93. The van der Waals surface area contributed by atoms with Crippen LogP contribution in [0.1, 0.15) is 18.5 Å². The lowest BCUT2D eigenvalue weighted by Crippen LogP contribution is -2.37. The number of amides is 1. The topological polar surface area (TPSA) is 75.4 Å². The van der Waals surface area contributed by atoms with E-state index < -0.39 is 0 Å². The fourth-order valence-corrected chi connectivity index (χ4v) is 2.00. The first-order valence-electron chi connectivity index (χ1n) is 6.20. The van der Waals surface area contributed by atoms with Gasteiger partial charge in [-0.2, -0.15) is 0 Å². The van der Waals surface area contributed by atoms with Crippen LogP contribution in [0.4, 0.5) is 5.82 Å². The van der Waals surface area contributed by atoms with Gasteiger partial charge in [-0.25, -0.2) is 4.98 Å². The number of nitrogens with zero attached hydrogens (tertiary/aromatic N) is 4. The molecule has 0 radical (unpaired) electrons. The molecule has 0 bridgehead atoms. The third-order valence-electron chi connectivity index (χ3n) is 3.12. The number of rotatable bonds is 4. The lowest BCUT2D eigenvalue weighted by Gasteiger charge is -2.21. The summed E-state index contributed by atoms with van der Waals surface area (Å²) in [5.41, 5.74) is 6.21. The van der Waals surface area contributed by atoms with Crippen molar-refractivity contribution in [2.24, 2.45) is 5.73 Å². The van der Waals surface area contributed by atoms with Crippen LogP contribution in [0, 0.1) is 0 Å². The summed E-state index contributed by atoms with van der Waals surface area (Å²) in [4.78, 5) is 24.1. The van der Waals surface area contributed by atoms with Gasteiger partial charge in [0, 0.05) is 26.7 Å². The lowest BCUT2D eigenvalue weighted by molar-refractivity contribution is -0.128. The van der Waals surface area contributed by atoms with E-state index in [0.717, 1.165) is 31.6 Å². The van der Waals surface area contributed by atoms with E-state index in [9.17, 15) is 4.79 Å². The molecule has 0 spiro atoms. The Morgan fingerprint density at radius 1 is 1.39 bits per heavy atom. The van der Waals surface area contributed by atoms with E-state index in [1.165, 1.54) is 0 Å². The second kappa shape index (κ2) is 5.77. The number of carbonyl (C=O) groups excluding carboxylic acids is 1. The summed E-state index contributed by atoms with van der Waals surface area (Å²) in [7, 11) is 1.85. The third-order valence-corrected chi connectivity index (χ3v) is 3.12. The van der Waals surface area contributed by atoms with Crippen molar-refractivity contribution >= 4 is 11.7 Å². The van der Waals surface area contributed by atoms with Crippen molar-refractivity contribution in [2.75, 3.05) is 31.6 Å². The number of hydrogen-bond donors (Lipinski definition) is 1. The molecule has 1 aliphatic heterocycles. The zero-order valence-electron chi connectivity index (χ0n) is 10.7. The molecule has 2 rings (SSSR count). The minimum Gasteiger partial charge on any atom is -0.349 e. The largest absolute Gasteiger partial charge is 0.349 e. The fourth-order valence-electron chi connectivity index (χ4n) is 2.00. The molecule has 0 aliphatic carbocycles. The molecule has 0 saturated carbocycles. The van der Waals surface area contributed by atoms with E-state index in [1.54, 1.807) is 12.4 Å². The van der Waals surface area contributed by atoms with Crippen molar-refractivity contribution in [1.29, 1.82) is 0 Å². The van der Waals surface area contributed by atoms with Crippen LogP contribution in [0.2, 0.25) is 0 Å². The zero-order valence-corrected chi connectivity index (χ0v) is 10.7. The van der Waals surface area contributed by atoms with Crippen LogP contribution in [0.5, 0.6) is 0 Å². The van der Waals surface area contributed by atoms with Gasteiger partial charge in [0.15, 0.2) is 0 Å². The summed E-state index contributed by atoms with van der Waals surface area (Å²) < 4.78 is 0. The molecule has 1 aromatic rings. The molecule has 18 heavy (non-hydrogen) atoms. The average molecular weight is 249 g/mol. The van der Waals surface area contributed by atoms with Crippen molar-refractivity contribution in [3.05, 3.63) is 18.1 Å². The highest BCUT2D eigenvalue weighted by Gasteiger charge is 2.19. The molecule has 1 saturated heterocycles. The molecule has 0 atom stereocenters. The second-order valence-corrected chi connectivity index (χ2v) is 4.51. The molecular weight excluding hydrogens is 230 g/mol. The molecule has 0 unspecified atom stereocenters. The van der Waals surface area contributed by atoms with Gasteiger partial charge in [0.2, 0.25) is 5.91 Å². The van der Waals surface area contributed by atoms with Crippen molar-refractivity contribution in [3.8, 4) is 0 Å². The number of hydrogen-bond acceptors (Lipinski definition) is 5. The molecule has 6 nitrogen and oxygen atoms in total. The van der Waals surface area contributed by atoms with E-state index in [1.807, 2.05) is 16.8 Å². The van der Waals surface area contributed by atoms with Gasteiger partial charge < -0.3 is 15.5 Å². The summed E-state index contributed by atoms with van der Waals surface area (Å²) in [6.07, 6.45) is 5.52. The number of carbonyl (C=O) groups is 1. The van der Waals surface area contributed by atoms with Crippen LogP contribution in [0.3, 0.4) is 0 Å². The maximum Gasteiger partial charge on any atom is 0.242 e. The molecular formula is C12H19N5O. The van der Waals surface area contributed by atoms with Crippen molar-refractivity contribution in [3.63, 3.8) is 0 Å². The minimum absolute atomic E-state index is 0.153. The molecule has 98 valence electrons. The molecule has 1 aliphatic rings. The van der Waals surface area contributed by atoms with E-state index in [2.05, 4.69) is 9.97 Å². The lowest BCUT2D eigenvalue weighted by atomic mass is 10.4. The highest BCUT2D eigenvalue weighted by molar-refractivity contribution is 5.81. The first-order chi connectivity index (χ1) is 8.70. The standard InChI is InChI=1S/C12H19N5O/c1-16(9-12(18)17-4-2-3-5-17)11-8-14-10(6-13)7-15-11/h7-8H,2-6,9,13H2,1H3. The average Bonchev–Trinajstić information content (AvgIpc) is 2.92. The summed E-state index contributed by atoms with van der Waals surface area (Å²) in [5.74, 6) is 0.847. The van der Waals surface area contributed by atoms with Gasteiger partial charge in [-0.1, -0.05) is 0 Å². The molecule has 1 aromatic heterocycles. The summed E-state index contributed by atoms with van der Waals surface area (Å²) in [5, 5.41) is 0. The molecule has 1 amide bonds. The monoisotopic (exact) mass is 249 g/mol. The van der Waals surface area contributed by atoms with E-state index in [4.69, 9.17) is 5.73 Å². The Hall–Kier alpha value is -1.69. The fraction of sp³-hybridized carbons (Fsp3) is 0.583. The van der Waals surface area contributed by atoms with Gasteiger partial charge >= 0.3 is 0 Å². The Kier molecular flexibility index (Phi) is 4.09. The van der Waals surface area contributed by atoms with Gasteiger partial charge in [0.25, 0.3) is 0 Å². The first kappa shape index (κ1) is 12.8. The van der Waals surface area contributed by atoms with Crippen LogP contribution in [0.25, 0.3) is 0 Å². The highest BCUT2D eigenvalue weighted by Crippen LogP contribution is 2.10. The normalized spacial score (nSPS) is 14.9. The van der Waals surface area contributed by atoms with Gasteiger partial charge in [-0.3, -0.25) is 9.78 Å². The van der Waals surface area contributed by atoms with Crippen LogP contribution in [-0.2, 0) is 11.3 Å². The Morgan fingerprint density at radius 3 is 2.67 bits per heavy atom. The highest BCUT2D eigenvalue weighted by atomic mass is 16.2. The number of likely N-dealkylation sites (tertiary alicyclic amines) is 1. The Morgan fingerprint density at radius 2 is 2.11 bits per heavy atom. The second-order valence-electron chi connectivity index (χ2n) is 4.51. The summed E-state index contributed by atoms with van der Waals surface area (Å²) >= 11 is 0. The summed E-state index contributed by atoms with van der Waals surface area (Å²) in [6, 6.07) is 0. The van der Waals surface area contributed by atoms with E-state index in [0.29, 0.717) is 18.9 Å². The number of nitrogens with two attached hydrogens (primary N) is 1. The molecule has 0 aromatic carbocycles. The molecule has 6 heteroatoms. The predicted molar refractivity (Wildman–Crippen MR) is 69.0 cm³/mol. The van der Waals surface area contributed by atoms with Crippen molar-refractivity contribution < 1.29 is 4.79 Å². The maximum absolute atomic E-state index is 12.0. The smallest absolute Gasteiger partial charge is 0.242 e. The SMILES string of the molecule is CN(CC(=O)N1CCCC1)c1cnc(CN)cn1. The molecule has 2 heterocycles. The zero-order chi connectivity index (χ0) is 13.0. The number of anilines is 1. The van der Waals surface area contributed by atoms with Crippen molar-refractivity contribution in [2.45, 2.75) is 19.4 Å². The molecule has 2 N–H and O–H groups in total. The quantitative estimate of drug-likeness (QED) is 0.812. The van der Waals surface area contributed by atoms with E-state index >= 15 is 0 Å². The van der Waals surface area contributed by atoms with Crippen LogP contribution < -0.4 is 10.6 Å². The van der Waals surface area contributed by atoms with Gasteiger partial charge in [0.1, 0.15) is 5.82 Å². The summed E-state index contributed by atoms with van der Waals surface area (Å²) in [6.45, 7) is 2.48. The maximum atomic E-state index is 12.0. The number of aromatic nitrogens is 2. The van der Waals surface area contributed by atoms with E-state index in [-0.39, 0.29) is 5.91 Å². The predicted octanol–water partition coefficient (Wildman–Crippen LogP) is -0.00610. The van der Waals surface area contributed by atoms with Crippen LogP contribution in [0.15, 0.2) is 12.4 Å². The molecule has 1 fully saturated rings.